The van der Waals surface area contributed by atoms with Gasteiger partial charge < -0.3 is 10.2 Å². The molecule has 0 spiro atoms. The summed E-state index contributed by atoms with van der Waals surface area (Å²) in [5, 5.41) is 6.31. The second kappa shape index (κ2) is 4.45. The average molecular weight is 267 g/mol. The first-order chi connectivity index (χ1) is 9.76. The lowest BCUT2D eigenvalue weighted by Crippen LogP contribution is -2.60. The molecule has 104 valence electrons. The van der Waals surface area contributed by atoms with Crippen molar-refractivity contribution in [1.29, 1.82) is 0 Å². The van der Waals surface area contributed by atoms with Crippen molar-refractivity contribution in [3.8, 4) is 0 Å². The second-order valence-corrected chi connectivity index (χ2v) is 6.41. The molecule has 1 aliphatic carbocycles. The van der Waals surface area contributed by atoms with E-state index in [-0.39, 0.29) is 5.54 Å². The lowest BCUT2D eigenvalue weighted by atomic mass is 9.92. The Balaban J connectivity index is 1.71. The first-order valence-corrected chi connectivity index (χ1v) is 7.59. The van der Waals surface area contributed by atoms with Gasteiger partial charge in [-0.15, -0.1) is 0 Å². The zero-order valence-electron chi connectivity index (χ0n) is 12.0. The molecule has 1 saturated heterocycles. The molecule has 1 N–H and O–H groups in total. The van der Waals surface area contributed by atoms with Gasteiger partial charge in [0.15, 0.2) is 0 Å². The minimum atomic E-state index is 0.285. The van der Waals surface area contributed by atoms with Crippen LogP contribution in [0.25, 0.3) is 10.8 Å². The number of fused-ring (bicyclic) bond motifs is 1. The molecule has 0 radical (unpaired) electrons. The largest absolute Gasteiger partial charge is 0.368 e. The SMILES string of the molecule is CC1(C2CC2)CN(c2cccc3cnccc23)CCN1. The van der Waals surface area contributed by atoms with Crippen LogP contribution in [0.5, 0.6) is 0 Å². The lowest BCUT2D eigenvalue weighted by molar-refractivity contribution is 0.285. The second-order valence-electron chi connectivity index (χ2n) is 6.41. The minimum Gasteiger partial charge on any atom is -0.368 e. The van der Waals surface area contributed by atoms with Gasteiger partial charge in [0.05, 0.1) is 0 Å². The lowest BCUT2D eigenvalue weighted by Gasteiger charge is -2.43. The van der Waals surface area contributed by atoms with Gasteiger partial charge in [0, 0.05) is 54.0 Å². The Bertz CT molecular complexity index is 630. The van der Waals surface area contributed by atoms with Crippen molar-refractivity contribution in [2.45, 2.75) is 25.3 Å². The van der Waals surface area contributed by atoms with Crippen molar-refractivity contribution in [3.63, 3.8) is 0 Å². The summed E-state index contributed by atoms with van der Waals surface area (Å²) in [5.74, 6) is 0.863. The van der Waals surface area contributed by atoms with Crippen LogP contribution in [0.3, 0.4) is 0 Å². The maximum atomic E-state index is 4.24. The van der Waals surface area contributed by atoms with Gasteiger partial charge in [0.25, 0.3) is 0 Å². The highest BCUT2D eigenvalue weighted by molar-refractivity contribution is 5.93. The van der Waals surface area contributed by atoms with Crippen LogP contribution >= 0.6 is 0 Å². The van der Waals surface area contributed by atoms with Crippen LogP contribution in [0, 0.1) is 5.92 Å². The van der Waals surface area contributed by atoms with Crippen LogP contribution in [0.1, 0.15) is 19.8 Å². The van der Waals surface area contributed by atoms with Gasteiger partial charge in [0.2, 0.25) is 0 Å². The molecular weight excluding hydrogens is 246 g/mol. The van der Waals surface area contributed by atoms with Crippen molar-refractivity contribution >= 4 is 16.5 Å². The van der Waals surface area contributed by atoms with Crippen LogP contribution < -0.4 is 10.2 Å². The van der Waals surface area contributed by atoms with Gasteiger partial charge >= 0.3 is 0 Å². The average Bonchev–Trinajstić information content (AvgIpc) is 3.32. The van der Waals surface area contributed by atoms with Crippen LogP contribution in [-0.4, -0.2) is 30.2 Å². The third-order valence-corrected chi connectivity index (χ3v) is 4.91. The summed E-state index contributed by atoms with van der Waals surface area (Å²) < 4.78 is 0. The Kier molecular flexibility index (Phi) is 2.71. The Labute approximate surface area is 120 Å². The van der Waals surface area contributed by atoms with Crippen molar-refractivity contribution in [2.75, 3.05) is 24.5 Å². The molecule has 20 heavy (non-hydrogen) atoms. The minimum absolute atomic E-state index is 0.285. The zero-order valence-corrected chi connectivity index (χ0v) is 12.0. The number of piperazine rings is 1. The fourth-order valence-electron chi connectivity index (χ4n) is 3.59. The molecule has 0 bridgehead atoms. The number of nitrogens with zero attached hydrogens (tertiary/aromatic N) is 2. The van der Waals surface area contributed by atoms with E-state index < -0.39 is 0 Å². The molecule has 1 aromatic carbocycles. The summed E-state index contributed by atoms with van der Waals surface area (Å²) in [4.78, 5) is 6.79. The van der Waals surface area contributed by atoms with Gasteiger partial charge in [-0.1, -0.05) is 12.1 Å². The van der Waals surface area contributed by atoms with E-state index in [0.29, 0.717) is 0 Å². The number of aromatic nitrogens is 1. The van der Waals surface area contributed by atoms with Gasteiger partial charge in [-0.25, -0.2) is 0 Å². The van der Waals surface area contributed by atoms with Gasteiger partial charge in [0.1, 0.15) is 0 Å². The molecule has 2 fully saturated rings. The highest BCUT2D eigenvalue weighted by atomic mass is 15.2. The Hall–Kier alpha value is -1.61. The monoisotopic (exact) mass is 267 g/mol. The van der Waals surface area contributed by atoms with Crippen LogP contribution in [-0.2, 0) is 0 Å². The third kappa shape index (κ3) is 1.97. The molecule has 1 saturated carbocycles. The molecule has 4 rings (SSSR count). The van der Waals surface area contributed by atoms with Crippen LogP contribution in [0.4, 0.5) is 5.69 Å². The standard InChI is InChI=1S/C17H21N3/c1-17(14-5-6-14)12-20(10-9-19-17)16-4-2-3-13-11-18-8-7-15(13)16/h2-4,7-8,11,14,19H,5-6,9-10,12H2,1H3. The number of nitrogens with one attached hydrogen (secondary N) is 1. The number of benzene rings is 1. The predicted molar refractivity (Wildman–Crippen MR) is 83.1 cm³/mol. The van der Waals surface area contributed by atoms with E-state index in [2.05, 4.69) is 46.4 Å². The van der Waals surface area contributed by atoms with Gasteiger partial charge in [-0.3, -0.25) is 4.98 Å². The maximum Gasteiger partial charge on any atom is 0.0448 e. The predicted octanol–water partition coefficient (Wildman–Crippen LogP) is 2.81. The fourth-order valence-corrected chi connectivity index (χ4v) is 3.59. The summed E-state index contributed by atoms with van der Waals surface area (Å²) in [6.07, 6.45) is 6.63. The molecule has 2 aromatic rings. The molecule has 1 atom stereocenters. The number of pyridine rings is 1. The third-order valence-electron chi connectivity index (χ3n) is 4.91. The van der Waals surface area contributed by atoms with E-state index in [1.54, 1.807) is 0 Å². The summed E-state index contributed by atoms with van der Waals surface area (Å²) in [6.45, 7) is 5.67. The number of anilines is 1. The van der Waals surface area contributed by atoms with E-state index in [1.165, 1.54) is 29.3 Å². The number of hydrogen-bond acceptors (Lipinski definition) is 3. The fraction of sp³-hybridized carbons (Fsp3) is 0.471. The topological polar surface area (TPSA) is 28.2 Å². The quantitative estimate of drug-likeness (QED) is 0.907. The molecule has 2 aliphatic rings. The molecule has 3 heteroatoms. The summed E-state index contributed by atoms with van der Waals surface area (Å²) in [6, 6.07) is 8.69. The van der Waals surface area contributed by atoms with Crippen molar-refractivity contribution in [2.24, 2.45) is 5.92 Å². The summed E-state index contributed by atoms with van der Waals surface area (Å²) >= 11 is 0. The van der Waals surface area contributed by atoms with Crippen molar-refractivity contribution < 1.29 is 0 Å². The highest BCUT2D eigenvalue weighted by Gasteiger charge is 2.44. The van der Waals surface area contributed by atoms with E-state index >= 15 is 0 Å². The maximum absolute atomic E-state index is 4.24. The normalized spacial score (nSPS) is 26.9. The number of hydrogen-bond donors (Lipinski definition) is 1. The van der Waals surface area contributed by atoms with Crippen LogP contribution in [0.15, 0.2) is 36.7 Å². The zero-order chi connectivity index (χ0) is 13.6. The van der Waals surface area contributed by atoms with E-state index in [4.69, 9.17) is 0 Å². The molecule has 3 nitrogen and oxygen atoms in total. The smallest absolute Gasteiger partial charge is 0.0448 e. The van der Waals surface area contributed by atoms with Crippen molar-refractivity contribution in [3.05, 3.63) is 36.7 Å². The Morgan fingerprint density at radius 3 is 3.05 bits per heavy atom. The van der Waals surface area contributed by atoms with E-state index in [0.717, 1.165) is 25.6 Å². The Morgan fingerprint density at radius 1 is 1.30 bits per heavy atom. The highest BCUT2D eigenvalue weighted by Crippen LogP contribution is 2.41. The molecule has 1 aromatic heterocycles. The van der Waals surface area contributed by atoms with Crippen molar-refractivity contribution in [1.82, 2.24) is 10.3 Å². The molecule has 1 unspecified atom stereocenters. The summed E-state index contributed by atoms with van der Waals surface area (Å²) in [5.41, 5.74) is 1.64. The molecule has 1 aliphatic heterocycles. The van der Waals surface area contributed by atoms with E-state index in [9.17, 15) is 0 Å². The first-order valence-electron chi connectivity index (χ1n) is 7.59. The Morgan fingerprint density at radius 2 is 2.20 bits per heavy atom. The first kappa shape index (κ1) is 12.2. The number of rotatable bonds is 2. The van der Waals surface area contributed by atoms with Gasteiger partial charge in [-0.2, -0.15) is 0 Å². The molecular formula is C17H21N3. The summed E-state index contributed by atoms with van der Waals surface area (Å²) in [7, 11) is 0. The van der Waals surface area contributed by atoms with Crippen LogP contribution in [0.2, 0.25) is 0 Å². The molecule has 0 amide bonds. The van der Waals surface area contributed by atoms with Gasteiger partial charge in [-0.05, 0) is 37.8 Å². The molecule has 2 heterocycles. The van der Waals surface area contributed by atoms with E-state index in [1.807, 2.05) is 12.4 Å².